The molecule has 2 atom stereocenters. The summed E-state index contributed by atoms with van der Waals surface area (Å²) in [6.45, 7) is 3.07. The third kappa shape index (κ3) is 2.93. The topological polar surface area (TPSA) is 21.3 Å². The van der Waals surface area contributed by atoms with Gasteiger partial charge in [-0.1, -0.05) is 43.3 Å². The summed E-state index contributed by atoms with van der Waals surface area (Å²) in [6.07, 6.45) is 1.81. The Labute approximate surface area is 125 Å². The highest BCUT2D eigenvalue weighted by Gasteiger charge is 2.33. The lowest BCUT2D eigenvalue weighted by atomic mass is 10.1. The van der Waals surface area contributed by atoms with Crippen molar-refractivity contribution >= 4 is 0 Å². The summed E-state index contributed by atoms with van der Waals surface area (Å²) in [4.78, 5) is 0. The van der Waals surface area contributed by atoms with Gasteiger partial charge in [0.05, 0.1) is 6.04 Å². The van der Waals surface area contributed by atoms with Gasteiger partial charge in [-0.2, -0.15) is 0 Å². The molecule has 0 bridgehead atoms. The number of benzene rings is 2. The molecule has 0 saturated heterocycles. The van der Waals surface area contributed by atoms with E-state index < -0.39 is 0 Å². The molecule has 3 rings (SSSR count). The van der Waals surface area contributed by atoms with E-state index in [1.54, 1.807) is 18.2 Å². The molecular formula is C18H20FNO. The van der Waals surface area contributed by atoms with Gasteiger partial charge in [0.25, 0.3) is 0 Å². The Morgan fingerprint density at radius 1 is 1.14 bits per heavy atom. The van der Waals surface area contributed by atoms with E-state index in [0.29, 0.717) is 5.75 Å². The quantitative estimate of drug-likeness (QED) is 0.900. The van der Waals surface area contributed by atoms with E-state index in [9.17, 15) is 4.39 Å². The fourth-order valence-electron chi connectivity index (χ4n) is 2.91. The van der Waals surface area contributed by atoms with Crippen LogP contribution in [0.4, 0.5) is 4.39 Å². The summed E-state index contributed by atoms with van der Waals surface area (Å²) in [5.41, 5.74) is 2.56. The van der Waals surface area contributed by atoms with Crippen molar-refractivity contribution in [3.05, 3.63) is 65.5 Å². The van der Waals surface area contributed by atoms with Crippen LogP contribution < -0.4 is 10.1 Å². The van der Waals surface area contributed by atoms with Crippen LogP contribution in [0.1, 0.15) is 30.5 Å². The highest BCUT2D eigenvalue weighted by atomic mass is 19.1. The molecule has 0 saturated carbocycles. The third-order valence-corrected chi connectivity index (χ3v) is 3.91. The largest absolute Gasteiger partial charge is 0.485 e. The van der Waals surface area contributed by atoms with Crippen molar-refractivity contribution in [3.8, 4) is 5.75 Å². The molecule has 110 valence electrons. The van der Waals surface area contributed by atoms with E-state index >= 15 is 0 Å². The summed E-state index contributed by atoms with van der Waals surface area (Å²) in [7, 11) is 0. The van der Waals surface area contributed by atoms with Gasteiger partial charge in [-0.25, -0.2) is 4.39 Å². The SMILES string of the molecule is CCCNC1c2ccccc2CC1Oc1ccccc1F. The number of ether oxygens (including phenoxy) is 1. The van der Waals surface area contributed by atoms with Crippen molar-refractivity contribution in [2.45, 2.75) is 31.9 Å². The second-order valence-electron chi connectivity index (χ2n) is 5.42. The smallest absolute Gasteiger partial charge is 0.165 e. The highest BCUT2D eigenvalue weighted by molar-refractivity contribution is 5.37. The minimum atomic E-state index is -0.303. The minimum Gasteiger partial charge on any atom is -0.485 e. The van der Waals surface area contributed by atoms with Crippen LogP contribution in [0.15, 0.2) is 48.5 Å². The van der Waals surface area contributed by atoms with E-state index in [-0.39, 0.29) is 18.0 Å². The minimum absolute atomic E-state index is 0.0640. The Morgan fingerprint density at radius 2 is 1.90 bits per heavy atom. The van der Waals surface area contributed by atoms with Gasteiger partial charge in [-0.15, -0.1) is 0 Å². The predicted octanol–water partition coefficient (Wildman–Crippen LogP) is 3.87. The van der Waals surface area contributed by atoms with Gasteiger partial charge in [0.15, 0.2) is 11.6 Å². The second kappa shape index (κ2) is 6.27. The molecule has 1 aliphatic rings. The summed E-state index contributed by atoms with van der Waals surface area (Å²) in [5.74, 6) is 0.0290. The Kier molecular flexibility index (Phi) is 4.20. The maximum atomic E-state index is 13.8. The van der Waals surface area contributed by atoms with Gasteiger partial charge in [0.2, 0.25) is 0 Å². The highest BCUT2D eigenvalue weighted by Crippen LogP contribution is 2.34. The summed E-state index contributed by atoms with van der Waals surface area (Å²) >= 11 is 0. The van der Waals surface area contributed by atoms with E-state index in [2.05, 4.69) is 24.4 Å². The average molecular weight is 285 g/mol. The number of hydrogen-bond acceptors (Lipinski definition) is 2. The molecule has 2 aromatic rings. The standard InChI is InChI=1S/C18H20FNO/c1-2-11-20-18-14-8-4-3-7-13(14)12-17(18)21-16-10-6-5-9-15(16)19/h3-10,17-18,20H,2,11-12H2,1H3. The lowest BCUT2D eigenvalue weighted by Crippen LogP contribution is -2.33. The molecule has 2 unspecified atom stereocenters. The molecule has 0 spiro atoms. The summed E-state index contributed by atoms with van der Waals surface area (Å²) in [6, 6.07) is 15.1. The molecule has 0 radical (unpaired) electrons. The van der Waals surface area contributed by atoms with Crippen LogP contribution in [-0.4, -0.2) is 12.6 Å². The van der Waals surface area contributed by atoms with Gasteiger partial charge in [0.1, 0.15) is 6.10 Å². The van der Waals surface area contributed by atoms with Crippen LogP contribution in [0.3, 0.4) is 0 Å². The van der Waals surface area contributed by atoms with E-state index in [1.165, 1.54) is 17.2 Å². The van der Waals surface area contributed by atoms with Crippen molar-refractivity contribution in [2.75, 3.05) is 6.54 Å². The molecule has 21 heavy (non-hydrogen) atoms. The molecule has 0 amide bonds. The summed E-state index contributed by atoms with van der Waals surface area (Å²) < 4.78 is 19.8. The fourth-order valence-corrected chi connectivity index (χ4v) is 2.91. The number of hydrogen-bond donors (Lipinski definition) is 1. The van der Waals surface area contributed by atoms with Crippen LogP contribution >= 0.6 is 0 Å². The second-order valence-corrected chi connectivity index (χ2v) is 5.42. The number of halogens is 1. The van der Waals surface area contributed by atoms with Crippen molar-refractivity contribution in [1.82, 2.24) is 5.32 Å². The molecule has 1 N–H and O–H groups in total. The zero-order chi connectivity index (χ0) is 14.7. The number of fused-ring (bicyclic) bond motifs is 1. The van der Waals surface area contributed by atoms with Gasteiger partial charge in [0, 0.05) is 6.42 Å². The Morgan fingerprint density at radius 3 is 2.71 bits per heavy atom. The number of para-hydroxylation sites is 1. The number of nitrogens with one attached hydrogen (secondary N) is 1. The van der Waals surface area contributed by atoms with Crippen molar-refractivity contribution < 1.29 is 9.13 Å². The number of rotatable bonds is 5. The summed E-state index contributed by atoms with van der Waals surface area (Å²) in [5, 5.41) is 3.53. The first kappa shape index (κ1) is 14.1. The first-order valence-corrected chi connectivity index (χ1v) is 7.52. The van der Waals surface area contributed by atoms with Crippen LogP contribution in [-0.2, 0) is 6.42 Å². The molecule has 2 aromatic carbocycles. The van der Waals surface area contributed by atoms with Crippen LogP contribution in [0, 0.1) is 5.82 Å². The van der Waals surface area contributed by atoms with E-state index in [1.807, 2.05) is 12.1 Å². The maximum Gasteiger partial charge on any atom is 0.165 e. The molecule has 0 heterocycles. The first-order valence-electron chi connectivity index (χ1n) is 7.52. The van der Waals surface area contributed by atoms with Crippen molar-refractivity contribution in [1.29, 1.82) is 0 Å². The maximum absolute atomic E-state index is 13.8. The van der Waals surface area contributed by atoms with Gasteiger partial charge < -0.3 is 10.1 Å². The first-order chi connectivity index (χ1) is 10.3. The van der Waals surface area contributed by atoms with Gasteiger partial charge in [-0.05, 0) is 36.2 Å². The lowest BCUT2D eigenvalue weighted by Gasteiger charge is -2.23. The molecule has 0 aliphatic heterocycles. The zero-order valence-corrected chi connectivity index (χ0v) is 12.2. The molecule has 2 nitrogen and oxygen atoms in total. The average Bonchev–Trinajstić information content (AvgIpc) is 2.85. The fraction of sp³-hybridized carbons (Fsp3) is 0.333. The molecule has 0 aromatic heterocycles. The molecule has 1 aliphatic carbocycles. The van der Waals surface area contributed by atoms with Crippen molar-refractivity contribution in [3.63, 3.8) is 0 Å². The van der Waals surface area contributed by atoms with Crippen molar-refractivity contribution in [2.24, 2.45) is 0 Å². The van der Waals surface area contributed by atoms with Gasteiger partial charge in [-0.3, -0.25) is 0 Å². The van der Waals surface area contributed by atoms with E-state index in [4.69, 9.17) is 4.74 Å². The van der Waals surface area contributed by atoms with E-state index in [0.717, 1.165) is 19.4 Å². The third-order valence-electron chi connectivity index (χ3n) is 3.91. The monoisotopic (exact) mass is 285 g/mol. The van der Waals surface area contributed by atoms with Crippen LogP contribution in [0.2, 0.25) is 0 Å². The predicted molar refractivity (Wildman–Crippen MR) is 82.0 cm³/mol. The molecule has 0 fully saturated rings. The normalized spacial score (nSPS) is 20.3. The Balaban J connectivity index is 1.83. The molecule has 3 heteroatoms. The van der Waals surface area contributed by atoms with Gasteiger partial charge >= 0.3 is 0 Å². The Bertz CT molecular complexity index is 614. The van der Waals surface area contributed by atoms with Crippen LogP contribution in [0.5, 0.6) is 5.75 Å². The van der Waals surface area contributed by atoms with Crippen LogP contribution in [0.25, 0.3) is 0 Å². The molecular weight excluding hydrogens is 265 g/mol. The lowest BCUT2D eigenvalue weighted by molar-refractivity contribution is 0.160. The Hall–Kier alpha value is -1.87. The zero-order valence-electron chi connectivity index (χ0n) is 12.2.